The van der Waals surface area contributed by atoms with Crippen molar-refractivity contribution in [2.45, 2.75) is 0 Å². The minimum atomic E-state index is 1.11. The molecular formula is C3H6I2N2. The second-order valence-corrected chi connectivity index (χ2v) is 4.24. The summed E-state index contributed by atoms with van der Waals surface area (Å²) in [5.74, 6) is 0. The Labute approximate surface area is 71.2 Å². The molecule has 1 rings (SSSR count). The third-order valence-electron chi connectivity index (χ3n) is 0.892. The molecule has 1 aliphatic heterocycles. The Bertz CT molecular complexity index is 60.0. The molecule has 0 spiro atoms. The smallest absolute Gasteiger partial charge is 0.0691 e. The highest BCUT2D eigenvalue weighted by molar-refractivity contribution is 14.1. The molecule has 0 radical (unpaired) electrons. The average molecular weight is 324 g/mol. The first-order valence-electron chi connectivity index (χ1n) is 2.10. The van der Waals surface area contributed by atoms with Crippen molar-refractivity contribution in [1.29, 1.82) is 0 Å². The van der Waals surface area contributed by atoms with Gasteiger partial charge in [-0.05, 0) is 0 Å². The fraction of sp³-hybridized carbons (Fsp3) is 1.00. The van der Waals surface area contributed by atoms with Crippen molar-refractivity contribution in [1.82, 2.24) is 6.23 Å². The molecule has 1 fully saturated rings. The first-order chi connectivity index (χ1) is 3.29. The van der Waals surface area contributed by atoms with Gasteiger partial charge in [-0.1, -0.05) is 0 Å². The Kier molecular flexibility index (Phi) is 2.59. The number of nitrogens with zero attached hydrogens (tertiary/aromatic N) is 2. The lowest BCUT2D eigenvalue weighted by molar-refractivity contribution is 0.547. The van der Waals surface area contributed by atoms with Crippen molar-refractivity contribution < 1.29 is 0 Å². The van der Waals surface area contributed by atoms with Crippen LogP contribution in [0.25, 0.3) is 0 Å². The molecule has 0 saturated carbocycles. The molecule has 1 saturated heterocycles. The van der Waals surface area contributed by atoms with Crippen LogP contribution in [0.4, 0.5) is 0 Å². The lowest BCUT2D eigenvalue weighted by Crippen LogP contribution is -2.07. The standard InChI is InChI=1S/C3H6I2N2/c4-6-1-2-7(5)3-6/h1-3H2. The maximum Gasteiger partial charge on any atom is 0.0691 e. The zero-order valence-corrected chi connectivity index (χ0v) is 8.09. The molecule has 2 nitrogen and oxygen atoms in total. The van der Waals surface area contributed by atoms with E-state index in [1.54, 1.807) is 0 Å². The first-order valence-corrected chi connectivity index (χ1v) is 4.03. The van der Waals surface area contributed by atoms with E-state index < -0.39 is 0 Å². The van der Waals surface area contributed by atoms with Crippen LogP contribution >= 0.6 is 45.7 Å². The second kappa shape index (κ2) is 2.79. The summed E-state index contributed by atoms with van der Waals surface area (Å²) in [4.78, 5) is 0. The molecule has 0 atom stereocenters. The molecule has 42 valence electrons. The molecule has 0 bridgehead atoms. The van der Waals surface area contributed by atoms with Gasteiger partial charge in [0.05, 0.1) is 6.67 Å². The molecule has 1 heterocycles. The number of halogens is 2. The summed E-state index contributed by atoms with van der Waals surface area (Å²) in [6.45, 7) is 3.54. The van der Waals surface area contributed by atoms with Crippen LogP contribution in [0, 0.1) is 0 Å². The zero-order chi connectivity index (χ0) is 5.28. The van der Waals surface area contributed by atoms with E-state index in [9.17, 15) is 0 Å². The van der Waals surface area contributed by atoms with Gasteiger partial charge in [-0.3, -0.25) is 0 Å². The van der Waals surface area contributed by atoms with Crippen LogP contribution in [0.5, 0.6) is 0 Å². The Morgan fingerprint density at radius 3 is 1.57 bits per heavy atom. The SMILES string of the molecule is IN1CCN(I)C1. The van der Waals surface area contributed by atoms with E-state index in [0.717, 1.165) is 6.67 Å². The van der Waals surface area contributed by atoms with Crippen LogP contribution in [0.3, 0.4) is 0 Å². The van der Waals surface area contributed by atoms with E-state index in [-0.39, 0.29) is 0 Å². The highest BCUT2D eigenvalue weighted by Crippen LogP contribution is 2.12. The van der Waals surface area contributed by atoms with E-state index in [2.05, 4.69) is 52.0 Å². The summed E-state index contributed by atoms with van der Waals surface area (Å²) < 4.78 is 4.54. The predicted molar refractivity (Wildman–Crippen MR) is 46.3 cm³/mol. The Balaban J connectivity index is 2.26. The van der Waals surface area contributed by atoms with Crippen molar-refractivity contribution in [3.63, 3.8) is 0 Å². The first kappa shape index (κ1) is 6.50. The number of hydrogen-bond acceptors (Lipinski definition) is 2. The fourth-order valence-electron chi connectivity index (χ4n) is 0.525. The van der Waals surface area contributed by atoms with Crippen LogP contribution in [0.2, 0.25) is 0 Å². The normalized spacial score (nSPS) is 26.6. The molecular weight excluding hydrogens is 318 g/mol. The molecule has 0 aliphatic carbocycles. The van der Waals surface area contributed by atoms with Gasteiger partial charge in [-0.2, -0.15) is 0 Å². The fourth-order valence-corrected chi connectivity index (χ4v) is 2.28. The van der Waals surface area contributed by atoms with E-state index in [4.69, 9.17) is 0 Å². The van der Waals surface area contributed by atoms with Gasteiger partial charge < -0.3 is 0 Å². The molecule has 0 amide bonds. The Morgan fingerprint density at radius 2 is 1.43 bits per heavy atom. The number of rotatable bonds is 0. The van der Waals surface area contributed by atoms with Crippen molar-refractivity contribution in [3.05, 3.63) is 0 Å². The van der Waals surface area contributed by atoms with Gasteiger partial charge in [-0.15, -0.1) is 0 Å². The summed E-state index contributed by atoms with van der Waals surface area (Å²) >= 11 is 4.67. The van der Waals surface area contributed by atoms with Gasteiger partial charge in [0.25, 0.3) is 0 Å². The molecule has 1 aliphatic rings. The third-order valence-corrected chi connectivity index (χ3v) is 2.47. The van der Waals surface area contributed by atoms with E-state index >= 15 is 0 Å². The van der Waals surface area contributed by atoms with Gasteiger partial charge in [0.2, 0.25) is 0 Å². The molecule has 7 heavy (non-hydrogen) atoms. The predicted octanol–water partition coefficient (Wildman–Crippen LogP) is 1.26. The summed E-state index contributed by atoms with van der Waals surface area (Å²) in [5.41, 5.74) is 0. The third kappa shape index (κ3) is 1.98. The molecule has 0 aromatic rings. The van der Waals surface area contributed by atoms with Gasteiger partial charge >= 0.3 is 0 Å². The quantitative estimate of drug-likeness (QED) is 0.489. The van der Waals surface area contributed by atoms with Crippen LogP contribution < -0.4 is 0 Å². The lowest BCUT2D eigenvalue weighted by Gasteiger charge is -2.01. The summed E-state index contributed by atoms with van der Waals surface area (Å²) in [7, 11) is 0. The van der Waals surface area contributed by atoms with Gasteiger partial charge in [0.1, 0.15) is 0 Å². The highest BCUT2D eigenvalue weighted by Gasteiger charge is 2.13. The number of hydrogen-bond donors (Lipinski definition) is 0. The van der Waals surface area contributed by atoms with Gasteiger partial charge in [-0.25, -0.2) is 6.23 Å². The van der Waals surface area contributed by atoms with Crippen LogP contribution in [-0.4, -0.2) is 26.0 Å². The molecule has 0 N–H and O–H groups in total. The van der Waals surface area contributed by atoms with E-state index in [0.29, 0.717) is 0 Å². The van der Waals surface area contributed by atoms with E-state index in [1.807, 2.05) is 0 Å². The maximum atomic E-state index is 2.33. The van der Waals surface area contributed by atoms with Crippen LogP contribution in [0.15, 0.2) is 0 Å². The lowest BCUT2D eigenvalue weighted by atomic mass is 10.7. The second-order valence-electron chi connectivity index (χ2n) is 1.51. The topological polar surface area (TPSA) is 6.48 Å². The molecule has 0 unspecified atom stereocenters. The Morgan fingerprint density at radius 1 is 1.00 bits per heavy atom. The average Bonchev–Trinajstić information content (AvgIpc) is 1.87. The van der Waals surface area contributed by atoms with Crippen molar-refractivity contribution >= 4 is 45.7 Å². The summed E-state index contributed by atoms with van der Waals surface area (Å²) in [5, 5.41) is 0. The minimum Gasteiger partial charge on any atom is -0.232 e. The Hall–Kier alpha value is 1.38. The maximum absolute atomic E-state index is 2.33. The van der Waals surface area contributed by atoms with Gasteiger partial charge in [0.15, 0.2) is 0 Å². The summed E-state index contributed by atoms with van der Waals surface area (Å²) in [6, 6.07) is 0. The minimum absolute atomic E-state index is 1.11. The zero-order valence-electron chi connectivity index (χ0n) is 3.77. The van der Waals surface area contributed by atoms with Crippen molar-refractivity contribution in [3.8, 4) is 0 Å². The van der Waals surface area contributed by atoms with Crippen molar-refractivity contribution in [2.75, 3.05) is 19.8 Å². The molecule has 4 heteroatoms. The largest absolute Gasteiger partial charge is 0.232 e. The molecule has 0 aromatic heterocycles. The van der Waals surface area contributed by atoms with Gasteiger partial charge in [0, 0.05) is 58.8 Å². The molecule has 0 aromatic carbocycles. The van der Waals surface area contributed by atoms with Crippen LogP contribution in [-0.2, 0) is 0 Å². The van der Waals surface area contributed by atoms with Crippen molar-refractivity contribution in [2.24, 2.45) is 0 Å². The summed E-state index contributed by atoms with van der Waals surface area (Å²) in [6.07, 6.45) is 0. The van der Waals surface area contributed by atoms with Crippen LogP contribution in [0.1, 0.15) is 0 Å². The highest BCUT2D eigenvalue weighted by atomic mass is 127. The monoisotopic (exact) mass is 324 g/mol. The van der Waals surface area contributed by atoms with E-state index in [1.165, 1.54) is 13.1 Å².